The maximum Gasteiger partial charge on any atom is 0.270 e. The number of aromatic amines is 1. The first-order valence-electron chi connectivity index (χ1n) is 9.41. The molecule has 3 aromatic rings. The highest BCUT2D eigenvalue weighted by Gasteiger charge is 2.37. The molecule has 146 valence electrons. The quantitative estimate of drug-likeness (QED) is 0.681. The van der Waals surface area contributed by atoms with Crippen molar-refractivity contribution in [1.82, 2.24) is 9.88 Å². The summed E-state index contributed by atoms with van der Waals surface area (Å²) in [5, 5.41) is 11.5. The normalized spacial score (nSPS) is 19.9. The van der Waals surface area contributed by atoms with E-state index in [0.29, 0.717) is 35.6 Å². The second-order valence-corrected chi connectivity index (χ2v) is 8.15. The molecule has 1 amide bonds. The highest BCUT2D eigenvalue weighted by Crippen LogP contribution is 2.34. The first-order chi connectivity index (χ1) is 13.5. The van der Waals surface area contributed by atoms with Gasteiger partial charge in [-0.3, -0.25) is 4.79 Å². The van der Waals surface area contributed by atoms with Gasteiger partial charge in [0.05, 0.1) is 6.61 Å². The zero-order valence-corrected chi connectivity index (χ0v) is 16.2. The van der Waals surface area contributed by atoms with E-state index in [-0.39, 0.29) is 18.3 Å². The number of aliphatic hydroxyl groups is 1. The van der Waals surface area contributed by atoms with Crippen LogP contribution in [0.25, 0.3) is 10.9 Å². The largest absolute Gasteiger partial charge is 0.396 e. The molecule has 1 aromatic heterocycles. The van der Waals surface area contributed by atoms with Crippen molar-refractivity contribution in [2.45, 2.75) is 19.3 Å². The number of carbonyl (C=O) groups is 1. The SMILES string of the molecule is O=C(c1cc2cc(F)ccc2[nH]1)N1CCCC(CO)(Cc2cccc(Cl)c2)C1. The third-order valence-corrected chi connectivity index (χ3v) is 5.80. The Kier molecular flexibility index (Phi) is 5.13. The Morgan fingerprint density at radius 3 is 2.89 bits per heavy atom. The number of benzene rings is 2. The third-order valence-electron chi connectivity index (χ3n) is 5.57. The Balaban J connectivity index is 1.56. The summed E-state index contributed by atoms with van der Waals surface area (Å²) in [6.07, 6.45) is 2.32. The number of nitrogens with zero attached hydrogens (tertiary/aromatic N) is 1. The number of aromatic nitrogens is 1. The van der Waals surface area contributed by atoms with E-state index >= 15 is 0 Å². The number of piperidine rings is 1. The lowest BCUT2D eigenvalue weighted by molar-refractivity contribution is 0.0268. The lowest BCUT2D eigenvalue weighted by Crippen LogP contribution is -2.49. The Morgan fingerprint density at radius 1 is 1.25 bits per heavy atom. The second kappa shape index (κ2) is 7.57. The van der Waals surface area contributed by atoms with Crippen molar-refractivity contribution in [1.29, 1.82) is 0 Å². The van der Waals surface area contributed by atoms with Crippen molar-refractivity contribution in [2.75, 3.05) is 19.7 Å². The number of halogens is 2. The van der Waals surface area contributed by atoms with Gasteiger partial charge in [-0.15, -0.1) is 0 Å². The molecule has 28 heavy (non-hydrogen) atoms. The molecule has 1 aliphatic rings. The number of fused-ring (bicyclic) bond motifs is 1. The topological polar surface area (TPSA) is 56.3 Å². The highest BCUT2D eigenvalue weighted by molar-refractivity contribution is 6.30. The van der Waals surface area contributed by atoms with E-state index in [2.05, 4.69) is 4.98 Å². The number of hydrogen-bond acceptors (Lipinski definition) is 2. The van der Waals surface area contributed by atoms with Crippen molar-refractivity contribution >= 4 is 28.4 Å². The predicted octanol–water partition coefficient (Wildman–Crippen LogP) is 4.42. The summed E-state index contributed by atoms with van der Waals surface area (Å²) >= 11 is 6.10. The molecular weight excluding hydrogens is 379 g/mol. The molecule has 2 heterocycles. The fourth-order valence-electron chi connectivity index (χ4n) is 4.18. The van der Waals surface area contributed by atoms with Crippen LogP contribution < -0.4 is 0 Å². The smallest absolute Gasteiger partial charge is 0.270 e. The van der Waals surface area contributed by atoms with E-state index in [0.717, 1.165) is 23.9 Å². The Bertz CT molecular complexity index is 1020. The van der Waals surface area contributed by atoms with E-state index in [4.69, 9.17) is 11.6 Å². The van der Waals surface area contributed by atoms with Crippen LogP contribution in [0.5, 0.6) is 0 Å². The van der Waals surface area contributed by atoms with Gasteiger partial charge in [0.15, 0.2) is 0 Å². The van der Waals surface area contributed by atoms with Crippen molar-refractivity contribution in [3.63, 3.8) is 0 Å². The molecular formula is C22H22ClFN2O2. The molecule has 0 saturated carbocycles. The zero-order valence-electron chi connectivity index (χ0n) is 15.4. The highest BCUT2D eigenvalue weighted by atomic mass is 35.5. The number of hydrogen-bond donors (Lipinski definition) is 2. The number of amides is 1. The van der Waals surface area contributed by atoms with Crippen molar-refractivity contribution < 1.29 is 14.3 Å². The van der Waals surface area contributed by atoms with Crippen LogP contribution in [0.2, 0.25) is 5.02 Å². The fourth-order valence-corrected chi connectivity index (χ4v) is 4.39. The molecule has 0 spiro atoms. The Labute approximate surface area is 167 Å². The van der Waals surface area contributed by atoms with Crippen molar-refractivity contribution in [3.05, 3.63) is 70.6 Å². The van der Waals surface area contributed by atoms with Gasteiger partial charge in [-0.2, -0.15) is 0 Å². The molecule has 1 saturated heterocycles. The van der Waals surface area contributed by atoms with Crippen LogP contribution >= 0.6 is 11.6 Å². The molecule has 1 atom stereocenters. The molecule has 0 bridgehead atoms. The first-order valence-corrected chi connectivity index (χ1v) is 9.79. The van der Waals surface area contributed by atoms with E-state index in [1.807, 2.05) is 24.3 Å². The number of carbonyl (C=O) groups excluding carboxylic acids is 1. The summed E-state index contributed by atoms with van der Waals surface area (Å²) in [6.45, 7) is 1.11. The lowest BCUT2D eigenvalue weighted by atomic mass is 9.75. The third kappa shape index (κ3) is 3.77. The van der Waals surface area contributed by atoms with Gasteiger partial charge in [0.2, 0.25) is 0 Å². The zero-order chi connectivity index (χ0) is 19.7. The first kappa shape index (κ1) is 19.0. The molecule has 1 fully saturated rings. The number of H-pyrrole nitrogens is 1. The maximum absolute atomic E-state index is 13.4. The number of nitrogens with one attached hydrogen (secondary N) is 1. The second-order valence-electron chi connectivity index (χ2n) is 7.71. The van der Waals surface area contributed by atoms with E-state index in [1.54, 1.807) is 17.0 Å². The van der Waals surface area contributed by atoms with Crippen LogP contribution in [0.1, 0.15) is 28.9 Å². The van der Waals surface area contributed by atoms with E-state index in [9.17, 15) is 14.3 Å². The predicted molar refractivity (Wildman–Crippen MR) is 108 cm³/mol. The van der Waals surface area contributed by atoms with Crippen LogP contribution in [-0.2, 0) is 6.42 Å². The number of aliphatic hydroxyl groups excluding tert-OH is 1. The standard InChI is InChI=1S/C22H22ClFN2O2/c23-17-4-1-3-15(9-17)12-22(14-27)7-2-8-26(13-22)21(28)20-11-16-10-18(24)5-6-19(16)25-20/h1,3-6,9-11,25,27H,2,7-8,12-14H2. The molecule has 2 aromatic carbocycles. The van der Waals surface area contributed by atoms with Crippen molar-refractivity contribution in [2.24, 2.45) is 5.41 Å². The minimum absolute atomic E-state index is 0.00120. The summed E-state index contributed by atoms with van der Waals surface area (Å²) in [6, 6.07) is 13.7. The molecule has 1 unspecified atom stereocenters. The average molecular weight is 401 g/mol. The molecule has 0 aliphatic carbocycles. The molecule has 2 N–H and O–H groups in total. The summed E-state index contributed by atoms with van der Waals surface area (Å²) in [7, 11) is 0. The van der Waals surface area contributed by atoms with Crippen LogP contribution in [0.3, 0.4) is 0 Å². The molecule has 4 rings (SSSR count). The average Bonchev–Trinajstić information content (AvgIpc) is 3.10. The van der Waals surface area contributed by atoms with Gasteiger partial charge in [0.1, 0.15) is 11.5 Å². The van der Waals surface area contributed by atoms with Gasteiger partial charge >= 0.3 is 0 Å². The van der Waals surface area contributed by atoms with Crippen molar-refractivity contribution in [3.8, 4) is 0 Å². The van der Waals surface area contributed by atoms with Gasteiger partial charge in [-0.05, 0) is 61.2 Å². The Morgan fingerprint density at radius 2 is 2.11 bits per heavy atom. The summed E-state index contributed by atoms with van der Waals surface area (Å²) in [4.78, 5) is 17.9. The summed E-state index contributed by atoms with van der Waals surface area (Å²) in [5.41, 5.74) is 1.83. The fraction of sp³-hybridized carbons (Fsp3) is 0.318. The van der Waals surface area contributed by atoms with Crippen LogP contribution in [0.4, 0.5) is 4.39 Å². The number of likely N-dealkylation sites (tertiary alicyclic amines) is 1. The molecule has 1 aliphatic heterocycles. The van der Waals surface area contributed by atoms with Gasteiger partial charge in [-0.1, -0.05) is 23.7 Å². The van der Waals surface area contributed by atoms with Gasteiger partial charge in [0, 0.05) is 34.4 Å². The lowest BCUT2D eigenvalue weighted by Gasteiger charge is -2.42. The van der Waals surface area contributed by atoms with Gasteiger partial charge < -0.3 is 15.0 Å². The van der Waals surface area contributed by atoms with Crippen LogP contribution in [-0.4, -0.2) is 40.6 Å². The van der Waals surface area contributed by atoms with Gasteiger partial charge in [-0.25, -0.2) is 4.39 Å². The van der Waals surface area contributed by atoms with Crippen LogP contribution in [0.15, 0.2) is 48.5 Å². The number of rotatable bonds is 4. The van der Waals surface area contributed by atoms with Crippen LogP contribution in [0, 0.1) is 11.2 Å². The maximum atomic E-state index is 13.4. The minimum atomic E-state index is -0.392. The molecule has 4 nitrogen and oxygen atoms in total. The van der Waals surface area contributed by atoms with Gasteiger partial charge in [0.25, 0.3) is 5.91 Å². The molecule has 0 radical (unpaired) electrons. The summed E-state index contributed by atoms with van der Waals surface area (Å²) in [5.74, 6) is -0.454. The van der Waals surface area contributed by atoms with E-state index in [1.165, 1.54) is 12.1 Å². The van der Waals surface area contributed by atoms with E-state index < -0.39 is 5.41 Å². The monoisotopic (exact) mass is 400 g/mol. The minimum Gasteiger partial charge on any atom is -0.396 e. The molecule has 6 heteroatoms. The Hall–Kier alpha value is -2.37. The summed E-state index contributed by atoms with van der Waals surface area (Å²) < 4.78 is 13.4.